The smallest absolute Gasteiger partial charge is 0.265 e. The van der Waals surface area contributed by atoms with Crippen LogP contribution in [0.3, 0.4) is 0 Å². The summed E-state index contributed by atoms with van der Waals surface area (Å²) in [7, 11) is 1.73. The highest BCUT2D eigenvalue weighted by Crippen LogP contribution is 2.27. The van der Waals surface area contributed by atoms with Gasteiger partial charge in [-0.1, -0.05) is 0 Å². The van der Waals surface area contributed by atoms with Crippen LogP contribution in [0.2, 0.25) is 0 Å². The van der Waals surface area contributed by atoms with Crippen LogP contribution in [-0.4, -0.2) is 55.3 Å². The Kier molecular flexibility index (Phi) is 3.58. The van der Waals surface area contributed by atoms with Gasteiger partial charge in [0.15, 0.2) is 0 Å². The van der Waals surface area contributed by atoms with Crippen LogP contribution in [-0.2, 0) is 0 Å². The maximum Gasteiger partial charge on any atom is 0.265 e. The Balaban J connectivity index is 2.35. The molecule has 1 fully saturated rings. The maximum absolute atomic E-state index is 13.1. The van der Waals surface area contributed by atoms with Crippen LogP contribution < -0.4 is 5.32 Å². The summed E-state index contributed by atoms with van der Waals surface area (Å²) >= 11 is 0. The number of rotatable bonds is 4. The van der Waals surface area contributed by atoms with Gasteiger partial charge in [0.2, 0.25) is 0 Å². The molecule has 0 aliphatic carbocycles. The maximum atomic E-state index is 13.1. The quantitative estimate of drug-likeness (QED) is 0.656. The summed E-state index contributed by atoms with van der Waals surface area (Å²) in [5.74, 6) is -2.59. The van der Waals surface area contributed by atoms with Gasteiger partial charge in [0.25, 0.3) is 5.92 Å². The van der Waals surface area contributed by atoms with E-state index in [-0.39, 0.29) is 19.6 Å². The van der Waals surface area contributed by atoms with E-state index in [1.165, 1.54) is 0 Å². The molecule has 0 aromatic rings. The number of hydrogen-bond acceptors (Lipinski definition) is 3. The first-order valence-corrected chi connectivity index (χ1v) is 4.47. The van der Waals surface area contributed by atoms with Gasteiger partial charge in [-0.15, -0.1) is 0 Å². The SMILES string of the molecule is CN(CCO)CC1NCCC1(F)F. The molecule has 0 aromatic heterocycles. The molecule has 1 unspecified atom stereocenters. The summed E-state index contributed by atoms with van der Waals surface area (Å²) in [6.45, 7) is 1.11. The van der Waals surface area contributed by atoms with E-state index in [1.807, 2.05) is 0 Å². The summed E-state index contributed by atoms with van der Waals surface area (Å²) in [5.41, 5.74) is 0. The van der Waals surface area contributed by atoms with Gasteiger partial charge in [0, 0.05) is 26.1 Å². The van der Waals surface area contributed by atoms with Gasteiger partial charge in [0.05, 0.1) is 12.6 Å². The molecule has 0 amide bonds. The normalized spacial score (nSPS) is 27.0. The highest BCUT2D eigenvalue weighted by atomic mass is 19.3. The van der Waals surface area contributed by atoms with Gasteiger partial charge < -0.3 is 15.3 Å². The molecule has 1 saturated heterocycles. The van der Waals surface area contributed by atoms with Gasteiger partial charge in [-0.05, 0) is 7.05 Å². The Morgan fingerprint density at radius 2 is 2.31 bits per heavy atom. The van der Waals surface area contributed by atoms with E-state index < -0.39 is 12.0 Å². The van der Waals surface area contributed by atoms with Gasteiger partial charge in [-0.25, -0.2) is 8.78 Å². The molecule has 1 atom stereocenters. The predicted octanol–water partition coefficient (Wildman–Crippen LogP) is -0.0923. The minimum atomic E-state index is -2.59. The van der Waals surface area contributed by atoms with Crippen molar-refractivity contribution in [3.63, 3.8) is 0 Å². The molecule has 0 bridgehead atoms. The third-order valence-corrected chi connectivity index (χ3v) is 2.33. The number of alkyl halides is 2. The van der Waals surface area contributed by atoms with E-state index in [4.69, 9.17) is 5.11 Å². The molecule has 78 valence electrons. The zero-order chi connectivity index (χ0) is 9.90. The highest BCUT2D eigenvalue weighted by molar-refractivity contribution is 4.91. The molecule has 2 N–H and O–H groups in total. The molecular formula is C8H16F2N2O. The second-order valence-electron chi connectivity index (χ2n) is 3.50. The zero-order valence-electron chi connectivity index (χ0n) is 7.76. The minimum absolute atomic E-state index is 0.00872. The van der Waals surface area contributed by atoms with E-state index in [9.17, 15) is 8.78 Å². The summed E-state index contributed by atoms with van der Waals surface area (Å²) in [5, 5.41) is 11.4. The molecule has 3 nitrogen and oxygen atoms in total. The molecule has 0 radical (unpaired) electrons. The summed E-state index contributed by atoms with van der Waals surface area (Å²) in [6, 6.07) is -0.760. The number of nitrogens with one attached hydrogen (secondary N) is 1. The van der Waals surface area contributed by atoms with E-state index in [0.717, 1.165) is 0 Å². The van der Waals surface area contributed by atoms with Crippen molar-refractivity contribution in [1.82, 2.24) is 10.2 Å². The summed E-state index contributed by atoms with van der Waals surface area (Å²) in [6.07, 6.45) is -0.0787. The molecular weight excluding hydrogens is 178 g/mol. The van der Waals surface area contributed by atoms with Gasteiger partial charge >= 0.3 is 0 Å². The Bertz CT molecular complexity index is 166. The number of likely N-dealkylation sites (N-methyl/N-ethyl adjacent to an activating group) is 1. The van der Waals surface area contributed by atoms with E-state index in [2.05, 4.69) is 5.32 Å². The number of aliphatic hydroxyl groups excluding tert-OH is 1. The van der Waals surface area contributed by atoms with Crippen molar-refractivity contribution >= 4 is 0 Å². The van der Waals surface area contributed by atoms with Gasteiger partial charge in [-0.2, -0.15) is 0 Å². The fraction of sp³-hybridized carbons (Fsp3) is 1.00. The first-order chi connectivity index (χ1) is 6.06. The Labute approximate surface area is 76.7 Å². The lowest BCUT2D eigenvalue weighted by Gasteiger charge is -2.24. The number of hydrogen-bond donors (Lipinski definition) is 2. The lowest BCUT2D eigenvalue weighted by molar-refractivity contribution is -0.0195. The van der Waals surface area contributed by atoms with Crippen molar-refractivity contribution < 1.29 is 13.9 Å². The molecule has 0 aromatic carbocycles. The Morgan fingerprint density at radius 3 is 2.77 bits per heavy atom. The molecule has 1 aliphatic heterocycles. The predicted molar refractivity (Wildman–Crippen MR) is 45.9 cm³/mol. The lowest BCUT2D eigenvalue weighted by Crippen LogP contribution is -2.45. The van der Waals surface area contributed by atoms with E-state index >= 15 is 0 Å². The molecule has 0 saturated carbocycles. The highest BCUT2D eigenvalue weighted by Gasteiger charge is 2.43. The van der Waals surface area contributed by atoms with Crippen LogP contribution in [0.4, 0.5) is 8.78 Å². The first-order valence-electron chi connectivity index (χ1n) is 4.47. The second-order valence-corrected chi connectivity index (χ2v) is 3.50. The summed E-state index contributed by atoms with van der Waals surface area (Å²) in [4.78, 5) is 1.71. The van der Waals surface area contributed by atoms with Crippen molar-refractivity contribution in [2.75, 3.05) is 33.3 Å². The van der Waals surface area contributed by atoms with Crippen LogP contribution >= 0.6 is 0 Å². The van der Waals surface area contributed by atoms with Crippen LogP contribution in [0.5, 0.6) is 0 Å². The van der Waals surface area contributed by atoms with Crippen LogP contribution in [0, 0.1) is 0 Å². The Hall–Kier alpha value is -0.260. The van der Waals surface area contributed by atoms with Crippen LogP contribution in [0.25, 0.3) is 0 Å². The molecule has 1 rings (SSSR count). The van der Waals surface area contributed by atoms with Crippen LogP contribution in [0.15, 0.2) is 0 Å². The van der Waals surface area contributed by atoms with Crippen molar-refractivity contribution in [2.45, 2.75) is 18.4 Å². The fourth-order valence-corrected chi connectivity index (χ4v) is 1.51. The topological polar surface area (TPSA) is 35.5 Å². The van der Waals surface area contributed by atoms with E-state index in [1.54, 1.807) is 11.9 Å². The number of halogens is 2. The van der Waals surface area contributed by atoms with Crippen molar-refractivity contribution in [3.05, 3.63) is 0 Å². The van der Waals surface area contributed by atoms with Gasteiger partial charge in [0.1, 0.15) is 0 Å². The fourth-order valence-electron chi connectivity index (χ4n) is 1.51. The van der Waals surface area contributed by atoms with Crippen molar-refractivity contribution in [2.24, 2.45) is 0 Å². The monoisotopic (exact) mass is 194 g/mol. The molecule has 1 heterocycles. The number of aliphatic hydroxyl groups is 1. The average molecular weight is 194 g/mol. The minimum Gasteiger partial charge on any atom is -0.395 e. The van der Waals surface area contributed by atoms with Gasteiger partial charge in [-0.3, -0.25) is 0 Å². The number of nitrogens with zero attached hydrogens (tertiary/aromatic N) is 1. The molecule has 5 heteroatoms. The summed E-state index contributed by atoms with van der Waals surface area (Å²) < 4.78 is 26.1. The second kappa shape index (κ2) is 4.30. The third-order valence-electron chi connectivity index (χ3n) is 2.33. The average Bonchev–Trinajstić information content (AvgIpc) is 2.31. The lowest BCUT2D eigenvalue weighted by atomic mass is 10.1. The standard InChI is InChI=1S/C8H16F2N2O/c1-12(4-5-13)6-7-8(9,10)2-3-11-7/h7,11,13H,2-6H2,1H3. The van der Waals surface area contributed by atoms with Crippen LogP contribution in [0.1, 0.15) is 6.42 Å². The first kappa shape index (κ1) is 10.8. The van der Waals surface area contributed by atoms with E-state index in [0.29, 0.717) is 13.1 Å². The zero-order valence-corrected chi connectivity index (χ0v) is 7.76. The molecule has 1 aliphatic rings. The Morgan fingerprint density at radius 1 is 1.62 bits per heavy atom. The van der Waals surface area contributed by atoms with Crippen molar-refractivity contribution in [3.8, 4) is 0 Å². The molecule has 0 spiro atoms. The largest absolute Gasteiger partial charge is 0.395 e. The third kappa shape index (κ3) is 2.86. The van der Waals surface area contributed by atoms with Crippen molar-refractivity contribution in [1.29, 1.82) is 0 Å². The molecule has 13 heavy (non-hydrogen) atoms.